The van der Waals surface area contributed by atoms with Gasteiger partial charge in [-0.05, 0) is 25.8 Å². The van der Waals surface area contributed by atoms with Gasteiger partial charge >= 0.3 is 5.97 Å². The molecule has 3 heteroatoms. The third kappa shape index (κ3) is 3.67. The van der Waals surface area contributed by atoms with Gasteiger partial charge in [0.15, 0.2) is 0 Å². The Labute approximate surface area is 92.1 Å². The molecule has 15 heavy (non-hydrogen) atoms. The molecule has 0 aromatic heterocycles. The van der Waals surface area contributed by atoms with Crippen molar-refractivity contribution in [3.05, 3.63) is 12.2 Å². The number of carbonyl (C=O) groups excluding carboxylic acids is 1. The average Bonchev–Trinajstić information content (AvgIpc) is 2.66. The maximum Gasteiger partial charge on any atom is 0.334 e. The number of hydrogen-bond donors (Lipinski definition) is 0. The molecular weight excluding hydrogens is 190 g/mol. The van der Waals surface area contributed by atoms with Gasteiger partial charge in [-0.1, -0.05) is 19.9 Å². The summed E-state index contributed by atoms with van der Waals surface area (Å²) in [6.45, 7) is 11.1. The fourth-order valence-corrected chi connectivity index (χ4v) is 1.96. The molecule has 0 aromatic rings. The van der Waals surface area contributed by atoms with Crippen LogP contribution in [0.3, 0.4) is 0 Å². The molecule has 0 N–H and O–H groups in total. The minimum absolute atomic E-state index is 0.252. The number of esters is 1. The van der Waals surface area contributed by atoms with E-state index >= 15 is 0 Å². The van der Waals surface area contributed by atoms with Gasteiger partial charge < -0.3 is 4.74 Å². The van der Waals surface area contributed by atoms with Gasteiger partial charge in [0.25, 0.3) is 0 Å². The number of carbonyl (C=O) groups is 1. The zero-order chi connectivity index (χ0) is 11.3. The van der Waals surface area contributed by atoms with Crippen LogP contribution in [0.2, 0.25) is 0 Å². The Kier molecular flexibility index (Phi) is 4.82. The molecule has 0 bridgehead atoms. The highest BCUT2D eigenvalue weighted by atomic mass is 16.5. The number of likely N-dealkylation sites (tertiary alicyclic amines) is 1. The topological polar surface area (TPSA) is 29.5 Å². The molecule has 1 saturated heterocycles. The molecule has 1 aliphatic heterocycles. The van der Waals surface area contributed by atoms with Gasteiger partial charge in [0.1, 0.15) is 0 Å². The van der Waals surface area contributed by atoms with Crippen LogP contribution in [0.1, 0.15) is 26.7 Å². The smallest absolute Gasteiger partial charge is 0.334 e. The fourth-order valence-electron chi connectivity index (χ4n) is 1.96. The van der Waals surface area contributed by atoms with E-state index in [9.17, 15) is 4.79 Å². The first-order valence-electron chi connectivity index (χ1n) is 5.74. The van der Waals surface area contributed by atoms with Crippen LogP contribution in [-0.4, -0.2) is 37.1 Å². The first-order chi connectivity index (χ1) is 7.17. The lowest BCUT2D eigenvalue weighted by Crippen LogP contribution is -2.26. The van der Waals surface area contributed by atoms with Gasteiger partial charge in [0.2, 0.25) is 0 Å². The normalized spacial score (nSPS) is 21.6. The molecule has 0 aliphatic carbocycles. The molecule has 0 saturated carbocycles. The second-order valence-electron chi connectivity index (χ2n) is 4.12. The van der Waals surface area contributed by atoms with Gasteiger partial charge in [-0.25, -0.2) is 4.79 Å². The maximum absolute atomic E-state index is 11.3. The predicted octanol–water partition coefficient (Wildman–Crippen LogP) is 1.84. The number of nitrogens with zero attached hydrogens (tertiary/aromatic N) is 1. The van der Waals surface area contributed by atoms with Crippen molar-refractivity contribution in [3.8, 4) is 0 Å². The lowest BCUT2D eigenvalue weighted by molar-refractivity contribution is -0.138. The lowest BCUT2D eigenvalue weighted by atomic mass is 10.1. The van der Waals surface area contributed by atoms with Crippen LogP contribution < -0.4 is 0 Å². The van der Waals surface area contributed by atoms with Crippen LogP contribution in [0.15, 0.2) is 12.2 Å². The zero-order valence-corrected chi connectivity index (χ0v) is 9.79. The standard InChI is InChI=1S/C12H21NO2/c1-4-11-6-7-13(9-11)8-10(3)12(14)15-5-2/h11H,3-9H2,1-2H3. The minimum Gasteiger partial charge on any atom is -0.463 e. The molecular formula is C12H21NO2. The van der Waals surface area contributed by atoms with E-state index < -0.39 is 0 Å². The third-order valence-electron chi connectivity index (χ3n) is 2.93. The molecule has 1 heterocycles. The van der Waals surface area contributed by atoms with Crippen LogP contribution in [0.25, 0.3) is 0 Å². The van der Waals surface area contributed by atoms with E-state index in [1.165, 1.54) is 12.8 Å². The summed E-state index contributed by atoms with van der Waals surface area (Å²) in [7, 11) is 0. The quantitative estimate of drug-likeness (QED) is 0.513. The molecule has 1 atom stereocenters. The molecule has 1 unspecified atom stereocenters. The summed E-state index contributed by atoms with van der Waals surface area (Å²) in [5.41, 5.74) is 0.577. The van der Waals surface area contributed by atoms with E-state index in [1.807, 2.05) is 6.92 Å². The number of rotatable bonds is 5. The lowest BCUT2D eigenvalue weighted by Gasteiger charge is -2.16. The summed E-state index contributed by atoms with van der Waals surface area (Å²) in [5.74, 6) is 0.539. The summed E-state index contributed by atoms with van der Waals surface area (Å²) < 4.78 is 4.90. The van der Waals surface area contributed by atoms with E-state index in [-0.39, 0.29) is 5.97 Å². The van der Waals surface area contributed by atoms with Gasteiger partial charge in [-0.2, -0.15) is 0 Å². The summed E-state index contributed by atoms with van der Waals surface area (Å²) >= 11 is 0. The second kappa shape index (κ2) is 5.91. The van der Waals surface area contributed by atoms with E-state index in [0.29, 0.717) is 18.7 Å². The Morgan fingerprint density at radius 1 is 1.53 bits per heavy atom. The van der Waals surface area contributed by atoms with Crippen molar-refractivity contribution in [1.82, 2.24) is 4.90 Å². The molecule has 1 fully saturated rings. The number of ether oxygens (including phenoxy) is 1. The highest BCUT2D eigenvalue weighted by molar-refractivity contribution is 5.88. The molecule has 0 aromatic carbocycles. The molecule has 1 rings (SSSR count). The van der Waals surface area contributed by atoms with E-state index in [0.717, 1.165) is 19.0 Å². The molecule has 0 amide bonds. The molecule has 0 spiro atoms. The Balaban J connectivity index is 2.30. The SMILES string of the molecule is C=C(CN1CCC(CC)C1)C(=O)OCC. The largest absolute Gasteiger partial charge is 0.463 e. The van der Waals surface area contributed by atoms with Crippen LogP contribution in [0, 0.1) is 5.92 Å². The van der Waals surface area contributed by atoms with Crippen LogP contribution >= 0.6 is 0 Å². The van der Waals surface area contributed by atoms with Gasteiger partial charge in [0.05, 0.1) is 6.61 Å². The summed E-state index contributed by atoms with van der Waals surface area (Å²) in [4.78, 5) is 13.6. The highest BCUT2D eigenvalue weighted by Gasteiger charge is 2.22. The van der Waals surface area contributed by atoms with Crippen molar-refractivity contribution in [3.63, 3.8) is 0 Å². The number of hydrogen-bond acceptors (Lipinski definition) is 3. The Bertz CT molecular complexity index is 238. The average molecular weight is 211 g/mol. The molecule has 1 aliphatic rings. The van der Waals surface area contributed by atoms with Gasteiger partial charge in [-0.15, -0.1) is 0 Å². The van der Waals surface area contributed by atoms with Crippen molar-refractivity contribution in [2.75, 3.05) is 26.2 Å². The van der Waals surface area contributed by atoms with Crippen molar-refractivity contribution in [2.45, 2.75) is 26.7 Å². The molecule has 0 radical (unpaired) electrons. The summed E-state index contributed by atoms with van der Waals surface area (Å²) in [6.07, 6.45) is 2.47. The van der Waals surface area contributed by atoms with Crippen molar-refractivity contribution in [2.24, 2.45) is 5.92 Å². The molecule has 3 nitrogen and oxygen atoms in total. The summed E-state index contributed by atoms with van der Waals surface area (Å²) in [6, 6.07) is 0. The predicted molar refractivity (Wildman–Crippen MR) is 60.6 cm³/mol. The highest BCUT2D eigenvalue weighted by Crippen LogP contribution is 2.19. The Hall–Kier alpha value is -0.830. The van der Waals surface area contributed by atoms with Gasteiger partial charge in [0, 0.05) is 18.7 Å². The maximum atomic E-state index is 11.3. The first kappa shape index (κ1) is 12.2. The van der Waals surface area contributed by atoms with Crippen molar-refractivity contribution in [1.29, 1.82) is 0 Å². The van der Waals surface area contributed by atoms with Crippen LogP contribution in [0.4, 0.5) is 0 Å². The Morgan fingerprint density at radius 2 is 2.27 bits per heavy atom. The van der Waals surface area contributed by atoms with E-state index in [4.69, 9.17) is 4.74 Å². The Morgan fingerprint density at radius 3 is 2.80 bits per heavy atom. The fraction of sp³-hybridized carbons (Fsp3) is 0.750. The van der Waals surface area contributed by atoms with E-state index in [2.05, 4.69) is 18.4 Å². The monoisotopic (exact) mass is 211 g/mol. The third-order valence-corrected chi connectivity index (χ3v) is 2.93. The van der Waals surface area contributed by atoms with Crippen LogP contribution in [-0.2, 0) is 9.53 Å². The molecule has 86 valence electrons. The van der Waals surface area contributed by atoms with E-state index in [1.54, 1.807) is 0 Å². The first-order valence-corrected chi connectivity index (χ1v) is 5.74. The van der Waals surface area contributed by atoms with Gasteiger partial charge in [-0.3, -0.25) is 4.90 Å². The van der Waals surface area contributed by atoms with Crippen molar-refractivity contribution >= 4 is 5.97 Å². The zero-order valence-electron chi connectivity index (χ0n) is 9.79. The van der Waals surface area contributed by atoms with Crippen molar-refractivity contribution < 1.29 is 9.53 Å². The van der Waals surface area contributed by atoms with Crippen LogP contribution in [0.5, 0.6) is 0 Å². The second-order valence-corrected chi connectivity index (χ2v) is 4.12. The summed E-state index contributed by atoms with van der Waals surface area (Å²) in [5, 5.41) is 0. The minimum atomic E-state index is -0.252.